The average molecular weight is 329 g/mol. The van der Waals surface area contributed by atoms with Gasteiger partial charge in [-0.3, -0.25) is 9.59 Å². The van der Waals surface area contributed by atoms with Crippen molar-refractivity contribution in [1.29, 1.82) is 0 Å². The van der Waals surface area contributed by atoms with E-state index in [-0.39, 0.29) is 12.3 Å². The highest BCUT2D eigenvalue weighted by Crippen LogP contribution is 2.36. The maximum atomic E-state index is 12.6. The third kappa shape index (κ3) is 2.83. The smallest absolute Gasteiger partial charge is 0.254 e. The first kappa shape index (κ1) is 15.3. The predicted molar refractivity (Wildman–Crippen MR) is 94.2 cm³/mol. The Hall–Kier alpha value is -3.27. The molecule has 1 aromatic heterocycles. The number of hydrogen-bond donors (Lipinski definition) is 1. The van der Waals surface area contributed by atoms with Gasteiger partial charge < -0.3 is 5.73 Å². The largest absolute Gasteiger partial charge is 0.365 e. The molecule has 0 spiro atoms. The first-order valence-electron chi connectivity index (χ1n) is 8.15. The lowest BCUT2D eigenvalue weighted by Crippen LogP contribution is -2.38. The van der Waals surface area contributed by atoms with Crippen LogP contribution in [-0.4, -0.2) is 11.7 Å². The lowest BCUT2D eigenvalue weighted by molar-refractivity contribution is -0.683. The Morgan fingerprint density at radius 1 is 0.920 bits per heavy atom. The van der Waals surface area contributed by atoms with Gasteiger partial charge in [0.2, 0.25) is 12.3 Å². The first-order chi connectivity index (χ1) is 12.1. The Labute approximate surface area is 145 Å². The van der Waals surface area contributed by atoms with Gasteiger partial charge in [0, 0.05) is 11.6 Å². The summed E-state index contributed by atoms with van der Waals surface area (Å²) in [6.07, 6.45) is 4.22. The van der Waals surface area contributed by atoms with Crippen LogP contribution in [0.1, 0.15) is 31.8 Å². The summed E-state index contributed by atoms with van der Waals surface area (Å²) in [7, 11) is 0. The van der Waals surface area contributed by atoms with Crippen LogP contribution in [0, 0.1) is 0 Å². The predicted octanol–water partition coefficient (Wildman–Crippen LogP) is 2.53. The summed E-state index contributed by atoms with van der Waals surface area (Å²) in [6.45, 7) is 0.173. The maximum Gasteiger partial charge on any atom is 0.254 e. The molecule has 1 heterocycles. The number of carbonyl (C=O) groups is 2. The number of fused-ring (bicyclic) bond motifs is 3. The van der Waals surface area contributed by atoms with Gasteiger partial charge in [0.25, 0.3) is 5.91 Å². The number of benzene rings is 2. The molecular formula is C21H17N2O2+. The van der Waals surface area contributed by atoms with Gasteiger partial charge in [-0.1, -0.05) is 36.4 Å². The summed E-state index contributed by atoms with van der Waals surface area (Å²) in [4.78, 5) is 23.9. The van der Waals surface area contributed by atoms with E-state index in [9.17, 15) is 9.59 Å². The van der Waals surface area contributed by atoms with Gasteiger partial charge in [0.05, 0.1) is 0 Å². The number of aromatic nitrogens is 1. The molecule has 4 nitrogen and oxygen atoms in total. The van der Waals surface area contributed by atoms with E-state index in [0.29, 0.717) is 11.1 Å². The third-order valence-electron chi connectivity index (χ3n) is 4.58. The summed E-state index contributed by atoms with van der Waals surface area (Å²) in [6, 6.07) is 17.6. The molecule has 0 fully saturated rings. The summed E-state index contributed by atoms with van der Waals surface area (Å²) >= 11 is 0. The lowest BCUT2D eigenvalue weighted by atomic mass is 10.0. The zero-order valence-corrected chi connectivity index (χ0v) is 13.6. The van der Waals surface area contributed by atoms with Crippen LogP contribution in [0.25, 0.3) is 11.1 Å². The van der Waals surface area contributed by atoms with Crippen LogP contribution in [0.2, 0.25) is 0 Å². The van der Waals surface area contributed by atoms with E-state index >= 15 is 0 Å². The van der Waals surface area contributed by atoms with E-state index in [0.717, 1.165) is 6.42 Å². The normalized spacial score (nSPS) is 11.7. The molecule has 0 saturated heterocycles. The lowest BCUT2D eigenvalue weighted by Gasteiger charge is -2.04. The van der Waals surface area contributed by atoms with Crippen molar-refractivity contribution in [1.82, 2.24) is 0 Å². The van der Waals surface area contributed by atoms with Crippen LogP contribution in [-0.2, 0) is 13.0 Å². The van der Waals surface area contributed by atoms with Crippen molar-refractivity contribution in [2.75, 3.05) is 0 Å². The van der Waals surface area contributed by atoms with Gasteiger partial charge in [0.1, 0.15) is 5.56 Å². The van der Waals surface area contributed by atoms with Crippen molar-refractivity contribution in [2.24, 2.45) is 5.73 Å². The fourth-order valence-corrected chi connectivity index (χ4v) is 3.34. The van der Waals surface area contributed by atoms with Crippen molar-refractivity contribution < 1.29 is 14.2 Å². The number of amides is 1. The molecule has 0 atom stereocenters. The second kappa shape index (κ2) is 5.98. The van der Waals surface area contributed by atoms with Crippen molar-refractivity contribution in [3.05, 3.63) is 89.2 Å². The topological polar surface area (TPSA) is 64.0 Å². The van der Waals surface area contributed by atoms with Gasteiger partial charge in [-0.15, -0.1) is 0 Å². The molecular weight excluding hydrogens is 312 g/mol. The number of carbonyl (C=O) groups excluding carboxylic acids is 2. The fourth-order valence-electron chi connectivity index (χ4n) is 3.34. The zero-order valence-electron chi connectivity index (χ0n) is 13.6. The highest BCUT2D eigenvalue weighted by molar-refractivity contribution is 5.96. The molecule has 2 N–H and O–H groups in total. The molecule has 0 unspecified atom stereocenters. The van der Waals surface area contributed by atoms with Gasteiger partial charge >= 0.3 is 0 Å². The number of pyridine rings is 1. The summed E-state index contributed by atoms with van der Waals surface area (Å²) in [5, 5.41) is 0. The monoisotopic (exact) mass is 329 g/mol. The standard InChI is InChI=1S/C21H16N2O2/c22-21(25)16-5-3-9-23(12-16)13-20(24)15-7-8-19-17(11-15)10-14-4-1-2-6-18(14)19/h1-9,11-12H,10,13H2,(H-,22,25)/p+1. The van der Waals surface area contributed by atoms with E-state index in [4.69, 9.17) is 5.73 Å². The summed E-state index contributed by atoms with van der Waals surface area (Å²) in [5.74, 6) is -0.498. The van der Waals surface area contributed by atoms with Crippen LogP contribution >= 0.6 is 0 Å². The molecule has 4 rings (SSSR count). The molecule has 3 aromatic rings. The molecule has 4 heteroatoms. The molecule has 25 heavy (non-hydrogen) atoms. The minimum atomic E-state index is -0.503. The molecule has 1 aliphatic rings. The maximum absolute atomic E-state index is 12.6. The van der Waals surface area contributed by atoms with E-state index < -0.39 is 5.91 Å². The van der Waals surface area contributed by atoms with Crippen LogP contribution in [0.3, 0.4) is 0 Å². The molecule has 0 bridgehead atoms. The Morgan fingerprint density at radius 2 is 1.72 bits per heavy atom. The van der Waals surface area contributed by atoms with E-state index in [1.165, 1.54) is 22.3 Å². The zero-order chi connectivity index (χ0) is 17.4. The quantitative estimate of drug-likeness (QED) is 0.462. The molecule has 1 amide bonds. The van der Waals surface area contributed by atoms with Crippen LogP contribution in [0.15, 0.2) is 67.0 Å². The van der Waals surface area contributed by atoms with Crippen molar-refractivity contribution >= 4 is 11.7 Å². The molecule has 0 aliphatic heterocycles. The molecule has 122 valence electrons. The number of hydrogen-bond acceptors (Lipinski definition) is 2. The molecule has 0 saturated carbocycles. The highest BCUT2D eigenvalue weighted by Gasteiger charge is 2.20. The third-order valence-corrected chi connectivity index (χ3v) is 4.58. The number of Topliss-reactive ketones (excluding diaryl/α,β-unsaturated/α-hetero) is 1. The van der Waals surface area contributed by atoms with Gasteiger partial charge in [-0.2, -0.15) is 4.57 Å². The van der Waals surface area contributed by atoms with Gasteiger partial charge in [0.15, 0.2) is 12.4 Å². The van der Waals surface area contributed by atoms with E-state index in [2.05, 4.69) is 12.1 Å². The number of rotatable bonds is 4. The number of ketones is 1. The average Bonchev–Trinajstić information content (AvgIpc) is 2.99. The van der Waals surface area contributed by atoms with Crippen molar-refractivity contribution in [2.45, 2.75) is 13.0 Å². The molecule has 1 aliphatic carbocycles. The second-order valence-corrected chi connectivity index (χ2v) is 6.26. The second-order valence-electron chi connectivity index (χ2n) is 6.26. The van der Waals surface area contributed by atoms with Gasteiger partial charge in [-0.25, -0.2) is 0 Å². The minimum Gasteiger partial charge on any atom is -0.365 e. The number of nitrogens with zero attached hydrogens (tertiary/aromatic N) is 1. The van der Waals surface area contributed by atoms with Crippen LogP contribution in [0.5, 0.6) is 0 Å². The van der Waals surface area contributed by atoms with Crippen LogP contribution < -0.4 is 10.3 Å². The van der Waals surface area contributed by atoms with Crippen molar-refractivity contribution in [3.8, 4) is 11.1 Å². The first-order valence-corrected chi connectivity index (χ1v) is 8.15. The number of primary amides is 1. The summed E-state index contributed by atoms with van der Waals surface area (Å²) < 4.78 is 1.68. The molecule has 0 radical (unpaired) electrons. The summed E-state index contributed by atoms with van der Waals surface area (Å²) in [5.41, 5.74) is 11.3. The van der Waals surface area contributed by atoms with E-state index in [1.807, 2.05) is 30.3 Å². The fraction of sp³-hybridized carbons (Fsp3) is 0.0952. The Bertz CT molecular complexity index is 1010. The van der Waals surface area contributed by atoms with E-state index in [1.54, 1.807) is 29.1 Å². The Balaban J connectivity index is 1.59. The van der Waals surface area contributed by atoms with Gasteiger partial charge in [-0.05, 0) is 40.8 Å². The molecule has 2 aromatic carbocycles. The SMILES string of the molecule is NC(=O)c1ccc[n+](CC(=O)c2ccc3c(c2)Cc2ccccc2-3)c1. The number of nitrogens with two attached hydrogens (primary N) is 1. The Morgan fingerprint density at radius 3 is 2.56 bits per heavy atom. The Kier molecular flexibility index (Phi) is 3.65. The van der Waals surface area contributed by atoms with Crippen LogP contribution in [0.4, 0.5) is 0 Å². The van der Waals surface area contributed by atoms with Crippen molar-refractivity contribution in [3.63, 3.8) is 0 Å². The minimum absolute atomic E-state index is 0.00498. The highest BCUT2D eigenvalue weighted by atomic mass is 16.1.